The molecular formula is C11H9ClN2O3S. The quantitative estimate of drug-likeness (QED) is 0.902. The van der Waals surface area contributed by atoms with E-state index >= 15 is 0 Å². The van der Waals surface area contributed by atoms with Gasteiger partial charge in [0.2, 0.25) is 0 Å². The molecule has 0 unspecified atom stereocenters. The fourth-order valence-corrected chi connectivity index (χ4v) is 2.70. The topological polar surface area (TPSA) is 79.0 Å². The number of sulfonamides is 1. The predicted octanol–water partition coefficient (Wildman–Crippen LogP) is 1.83. The summed E-state index contributed by atoms with van der Waals surface area (Å²) in [5, 5.41) is 0.305. The van der Waals surface area contributed by atoms with Gasteiger partial charge in [0.05, 0.1) is 4.90 Å². The zero-order valence-corrected chi connectivity index (χ0v) is 10.6. The molecule has 0 aliphatic rings. The molecule has 0 saturated heterocycles. The number of aromatic nitrogens is 1. The number of anilines is 1. The summed E-state index contributed by atoms with van der Waals surface area (Å²) in [5.74, 6) is 0. The van der Waals surface area contributed by atoms with Gasteiger partial charge in [0.15, 0.2) is 0 Å². The van der Waals surface area contributed by atoms with Crippen molar-refractivity contribution in [2.45, 2.75) is 4.90 Å². The standard InChI is InChI=1S/C11H9ClN2O3S/c12-8-3-1-4-9(7-8)18(16,17)14-10-5-2-6-13-11(10)15/h1-7,14H,(H,13,15). The lowest BCUT2D eigenvalue weighted by Gasteiger charge is -2.07. The van der Waals surface area contributed by atoms with Crippen LogP contribution in [0.15, 0.2) is 52.3 Å². The third-order valence-electron chi connectivity index (χ3n) is 2.17. The summed E-state index contributed by atoms with van der Waals surface area (Å²) in [4.78, 5) is 13.8. The molecule has 0 aliphatic carbocycles. The van der Waals surface area contributed by atoms with E-state index in [0.717, 1.165) is 0 Å². The molecule has 0 aliphatic heterocycles. The Hall–Kier alpha value is -1.79. The van der Waals surface area contributed by atoms with Crippen LogP contribution in [0, 0.1) is 0 Å². The van der Waals surface area contributed by atoms with Crippen molar-refractivity contribution in [3.63, 3.8) is 0 Å². The first-order chi connectivity index (χ1) is 8.49. The van der Waals surface area contributed by atoms with Crippen LogP contribution in [0.1, 0.15) is 0 Å². The zero-order valence-electron chi connectivity index (χ0n) is 9.05. The van der Waals surface area contributed by atoms with E-state index in [0.29, 0.717) is 5.02 Å². The van der Waals surface area contributed by atoms with Crippen molar-refractivity contribution in [3.05, 3.63) is 58.0 Å². The Morgan fingerprint density at radius 1 is 1.17 bits per heavy atom. The Balaban J connectivity index is 2.40. The summed E-state index contributed by atoms with van der Waals surface area (Å²) in [7, 11) is -3.81. The molecule has 0 atom stereocenters. The van der Waals surface area contributed by atoms with Gasteiger partial charge in [-0.05, 0) is 30.3 Å². The molecule has 18 heavy (non-hydrogen) atoms. The van der Waals surface area contributed by atoms with Gasteiger partial charge in [-0.25, -0.2) is 8.42 Å². The van der Waals surface area contributed by atoms with E-state index in [1.54, 1.807) is 6.07 Å². The Bertz CT molecular complexity index is 725. The van der Waals surface area contributed by atoms with Gasteiger partial charge in [-0.3, -0.25) is 9.52 Å². The first kappa shape index (κ1) is 12.7. The molecule has 0 radical (unpaired) electrons. The Morgan fingerprint density at radius 3 is 2.61 bits per heavy atom. The molecule has 0 saturated carbocycles. The second kappa shape index (κ2) is 4.83. The summed E-state index contributed by atoms with van der Waals surface area (Å²) in [6.07, 6.45) is 1.42. The van der Waals surface area contributed by atoms with Crippen LogP contribution < -0.4 is 10.3 Å². The summed E-state index contributed by atoms with van der Waals surface area (Å²) in [6.45, 7) is 0. The minimum absolute atomic E-state index is 0.00162. The molecular weight excluding hydrogens is 276 g/mol. The molecule has 0 amide bonds. The van der Waals surface area contributed by atoms with Crippen molar-refractivity contribution >= 4 is 27.3 Å². The molecule has 94 valence electrons. The van der Waals surface area contributed by atoms with Crippen molar-refractivity contribution in [3.8, 4) is 0 Å². The maximum absolute atomic E-state index is 12.0. The second-order valence-corrected chi connectivity index (χ2v) is 5.59. The van der Waals surface area contributed by atoms with Crippen molar-refractivity contribution in [2.75, 3.05) is 4.72 Å². The maximum atomic E-state index is 12.0. The van der Waals surface area contributed by atoms with Crippen molar-refractivity contribution in [2.24, 2.45) is 0 Å². The first-order valence-electron chi connectivity index (χ1n) is 4.95. The zero-order chi connectivity index (χ0) is 13.2. The largest absolute Gasteiger partial charge is 0.327 e. The lowest BCUT2D eigenvalue weighted by atomic mass is 10.4. The van der Waals surface area contributed by atoms with Crippen LogP contribution in [-0.4, -0.2) is 13.4 Å². The van der Waals surface area contributed by atoms with Crippen LogP contribution in [0.2, 0.25) is 5.02 Å². The Morgan fingerprint density at radius 2 is 1.94 bits per heavy atom. The number of aromatic amines is 1. The highest BCUT2D eigenvalue weighted by atomic mass is 35.5. The number of rotatable bonds is 3. The SMILES string of the molecule is O=c1[nH]cccc1NS(=O)(=O)c1cccc(Cl)c1. The Labute approximate surface area is 108 Å². The number of benzene rings is 1. The minimum Gasteiger partial charge on any atom is -0.327 e. The molecule has 0 fully saturated rings. The molecule has 0 spiro atoms. The molecule has 1 aromatic carbocycles. The Kier molecular flexibility index (Phi) is 3.40. The van der Waals surface area contributed by atoms with Gasteiger partial charge in [0, 0.05) is 11.2 Å². The third-order valence-corrected chi connectivity index (χ3v) is 3.77. The molecule has 1 aromatic heterocycles. The van der Waals surface area contributed by atoms with Gasteiger partial charge in [-0.2, -0.15) is 0 Å². The van der Waals surface area contributed by atoms with Crippen LogP contribution in [0.4, 0.5) is 5.69 Å². The molecule has 1 heterocycles. The number of halogens is 1. The van der Waals surface area contributed by atoms with E-state index in [1.807, 2.05) is 0 Å². The van der Waals surface area contributed by atoms with E-state index in [-0.39, 0.29) is 10.6 Å². The molecule has 2 rings (SSSR count). The summed E-state index contributed by atoms with van der Waals surface area (Å²) >= 11 is 5.73. The lowest BCUT2D eigenvalue weighted by molar-refractivity contribution is 0.601. The van der Waals surface area contributed by atoms with Crippen LogP contribution in [0.3, 0.4) is 0 Å². The van der Waals surface area contributed by atoms with Crippen molar-refractivity contribution in [1.29, 1.82) is 0 Å². The molecule has 2 aromatic rings. The van der Waals surface area contributed by atoms with Gasteiger partial charge in [0.1, 0.15) is 5.69 Å². The second-order valence-electron chi connectivity index (χ2n) is 3.48. The third kappa shape index (κ3) is 2.72. The average molecular weight is 285 g/mol. The number of hydrogen-bond acceptors (Lipinski definition) is 3. The fraction of sp³-hybridized carbons (Fsp3) is 0. The van der Waals surface area contributed by atoms with E-state index in [1.165, 1.54) is 36.5 Å². The summed E-state index contributed by atoms with van der Waals surface area (Å²) in [6, 6.07) is 8.69. The van der Waals surface area contributed by atoms with E-state index in [2.05, 4.69) is 9.71 Å². The highest BCUT2D eigenvalue weighted by Gasteiger charge is 2.15. The van der Waals surface area contributed by atoms with E-state index < -0.39 is 15.6 Å². The number of nitrogens with one attached hydrogen (secondary N) is 2. The smallest absolute Gasteiger partial charge is 0.272 e. The van der Waals surface area contributed by atoms with Gasteiger partial charge < -0.3 is 4.98 Å². The first-order valence-corrected chi connectivity index (χ1v) is 6.81. The van der Waals surface area contributed by atoms with Gasteiger partial charge >= 0.3 is 0 Å². The normalized spacial score (nSPS) is 11.2. The highest BCUT2D eigenvalue weighted by Crippen LogP contribution is 2.17. The predicted molar refractivity (Wildman–Crippen MR) is 69.3 cm³/mol. The fourth-order valence-electron chi connectivity index (χ4n) is 1.34. The van der Waals surface area contributed by atoms with E-state index in [9.17, 15) is 13.2 Å². The monoisotopic (exact) mass is 284 g/mol. The number of hydrogen-bond donors (Lipinski definition) is 2. The van der Waals surface area contributed by atoms with Crippen LogP contribution >= 0.6 is 11.6 Å². The lowest BCUT2D eigenvalue weighted by Crippen LogP contribution is -2.19. The molecule has 5 nitrogen and oxygen atoms in total. The highest BCUT2D eigenvalue weighted by molar-refractivity contribution is 7.92. The number of pyridine rings is 1. The average Bonchev–Trinajstić information content (AvgIpc) is 2.32. The van der Waals surface area contributed by atoms with Crippen LogP contribution in [-0.2, 0) is 10.0 Å². The van der Waals surface area contributed by atoms with Crippen LogP contribution in [0.25, 0.3) is 0 Å². The van der Waals surface area contributed by atoms with Gasteiger partial charge in [-0.15, -0.1) is 0 Å². The van der Waals surface area contributed by atoms with Gasteiger partial charge in [0.25, 0.3) is 15.6 Å². The minimum atomic E-state index is -3.81. The van der Waals surface area contributed by atoms with E-state index in [4.69, 9.17) is 11.6 Å². The molecule has 0 bridgehead atoms. The summed E-state index contributed by atoms with van der Waals surface area (Å²) < 4.78 is 26.2. The number of H-pyrrole nitrogens is 1. The van der Waals surface area contributed by atoms with Crippen molar-refractivity contribution in [1.82, 2.24) is 4.98 Å². The van der Waals surface area contributed by atoms with Crippen LogP contribution in [0.5, 0.6) is 0 Å². The van der Waals surface area contributed by atoms with Gasteiger partial charge in [-0.1, -0.05) is 17.7 Å². The summed E-state index contributed by atoms with van der Waals surface area (Å²) in [5.41, 5.74) is -0.555. The maximum Gasteiger partial charge on any atom is 0.272 e. The van der Waals surface area contributed by atoms with Crippen molar-refractivity contribution < 1.29 is 8.42 Å². The molecule has 7 heteroatoms. The molecule has 2 N–H and O–H groups in total.